The number of aliphatic hydroxyl groups is 1. The second kappa shape index (κ2) is 9.46. The summed E-state index contributed by atoms with van der Waals surface area (Å²) in [6, 6.07) is 8.03. The second-order valence-electron chi connectivity index (χ2n) is 7.34. The van der Waals surface area contributed by atoms with Gasteiger partial charge >= 0.3 is 0 Å². The van der Waals surface area contributed by atoms with Crippen LogP contribution in [-0.2, 0) is 22.7 Å². The topological polar surface area (TPSA) is 56.2 Å². The van der Waals surface area contributed by atoms with Gasteiger partial charge in [-0.3, -0.25) is 14.6 Å². The maximum Gasteiger partial charge on any atom is 0.226 e. The fourth-order valence-electron chi connectivity index (χ4n) is 3.79. The van der Waals surface area contributed by atoms with E-state index in [9.17, 15) is 9.90 Å². The van der Waals surface area contributed by atoms with Crippen molar-refractivity contribution in [1.29, 1.82) is 0 Å². The molecule has 2 heterocycles. The molecule has 2 fully saturated rings. The van der Waals surface area contributed by atoms with Gasteiger partial charge in [0.05, 0.1) is 19.8 Å². The van der Waals surface area contributed by atoms with E-state index in [2.05, 4.69) is 15.9 Å². The van der Waals surface area contributed by atoms with Crippen LogP contribution in [0, 0.1) is 5.92 Å². The van der Waals surface area contributed by atoms with E-state index in [1.165, 1.54) is 5.56 Å². The molecule has 2 saturated heterocycles. The molecular weight excluding hydrogens is 330 g/mol. The van der Waals surface area contributed by atoms with Crippen molar-refractivity contribution in [3.05, 3.63) is 35.4 Å². The quantitative estimate of drug-likeness (QED) is 0.812. The predicted octanol–water partition coefficient (Wildman–Crippen LogP) is 0.791. The van der Waals surface area contributed by atoms with E-state index >= 15 is 0 Å². The monoisotopic (exact) mass is 361 g/mol. The molecule has 1 unspecified atom stereocenters. The summed E-state index contributed by atoms with van der Waals surface area (Å²) in [6.45, 7) is 10.5. The minimum absolute atomic E-state index is 0.0368. The highest BCUT2D eigenvalue weighted by Crippen LogP contribution is 2.15. The van der Waals surface area contributed by atoms with Crippen molar-refractivity contribution in [2.45, 2.75) is 20.1 Å². The van der Waals surface area contributed by atoms with Crippen LogP contribution in [0.1, 0.15) is 18.1 Å². The van der Waals surface area contributed by atoms with Crippen LogP contribution in [0.3, 0.4) is 0 Å². The summed E-state index contributed by atoms with van der Waals surface area (Å²) < 4.78 is 5.38. The van der Waals surface area contributed by atoms with Crippen molar-refractivity contribution in [1.82, 2.24) is 14.7 Å². The molecule has 1 atom stereocenters. The first kappa shape index (κ1) is 19.3. The lowest BCUT2D eigenvalue weighted by Crippen LogP contribution is -2.51. The Bertz CT molecular complexity index is 581. The maximum absolute atomic E-state index is 12.8. The second-order valence-corrected chi connectivity index (χ2v) is 7.34. The molecule has 1 N–H and O–H groups in total. The first-order valence-corrected chi connectivity index (χ1v) is 9.66. The highest BCUT2D eigenvalue weighted by molar-refractivity contribution is 5.78. The van der Waals surface area contributed by atoms with Crippen molar-refractivity contribution >= 4 is 5.91 Å². The van der Waals surface area contributed by atoms with Gasteiger partial charge in [0.1, 0.15) is 0 Å². The maximum atomic E-state index is 12.8. The third-order valence-corrected chi connectivity index (χ3v) is 5.42. The average Bonchev–Trinajstić information content (AvgIpc) is 2.69. The minimum atomic E-state index is 0.0368. The molecule has 2 aliphatic rings. The zero-order valence-corrected chi connectivity index (χ0v) is 15.8. The van der Waals surface area contributed by atoms with Gasteiger partial charge in [0.2, 0.25) is 5.91 Å². The van der Waals surface area contributed by atoms with Crippen LogP contribution in [0.15, 0.2) is 24.3 Å². The molecule has 3 rings (SSSR count). The van der Waals surface area contributed by atoms with E-state index in [1.807, 2.05) is 30.0 Å². The van der Waals surface area contributed by atoms with E-state index in [1.54, 1.807) is 0 Å². The molecule has 6 nitrogen and oxygen atoms in total. The number of amides is 1. The molecule has 6 heteroatoms. The van der Waals surface area contributed by atoms with Gasteiger partial charge in [0.25, 0.3) is 0 Å². The smallest absolute Gasteiger partial charge is 0.226 e. The van der Waals surface area contributed by atoms with Gasteiger partial charge in [-0.2, -0.15) is 0 Å². The Labute approximate surface area is 156 Å². The highest BCUT2D eigenvalue weighted by atomic mass is 16.5. The van der Waals surface area contributed by atoms with Gasteiger partial charge in [-0.25, -0.2) is 0 Å². The molecule has 0 aliphatic carbocycles. The summed E-state index contributed by atoms with van der Waals surface area (Å²) in [7, 11) is 0. The standard InChI is InChI=1S/C20H31N3O3/c1-17(14-22-10-12-26-13-11-22)20(25)23-8-6-21(7-9-23)15-18-4-2-3-5-19(18)16-24/h2-5,17,24H,6-16H2,1H3. The fourth-order valence-corrected chi connectivity index (χ4v) is 3.79. The number of ether oxygens (including phenoxy) is 1. The molecule has 26 heavy (non-hydrogen) atoms. The van der Waals surface area contributed by atoms with Crippen molar-refractivity contribution < 1.29 is 14.6 Å². The minimum Gasteiger partial charge on any atom is -0.392 e. The molecule has 1 aromatic rings. The van der Waals surface area contributed by atoms with E-state index in [0.717, 1.165) is 71.1 Å². The molecule has 0 bridgehead atoms. The number of carbonyl (C=O) groups excluding carboxylic acids is 1. The SMILES string of the molecule is CC(CN1CCOCC1)C(=O)N1CCN(Cc2ccccc2CO)CC1. The molecule has 0 spiro atoms. The Balaban J connectivity index is 1.46. The molecule has 144 valence electrons. The molecule has 0 radical (unpaired) electrons. The Kier molecular flexibility index (Phi) is 7.02. The lowest BCUT2D eigenvalue weighted by atomic mass is 10.1. The Morgan fingerprint density at radius 2 is 1.69 bits per heavy atom. The normalized spacial score (nSPS) is 20.9. The van der Waals surface area contributed by atoms with Crippen LogP contribution in [0.5, 0.6) is 0 Å². The van der Waals surface area contributed by atoms with Crippen LogP contribution in [0.25, 0.3) is 0 Å². The lowest BCUT2D eigenvalue weighted by molar-refractivity contribution is -0.137. The number of aliphatic hydroxyl groups excluding tert-OH is 1. The van der Waals surface area contributed by atoms with Crippen molar-refractivity contribution in [3.8, 4) is 0 Å². The summed E-state index contributed by atoms with van der Waals surface area (Å²) in [5, 5.41) is 9.48. The summed E-state index contributed by atoms with van der Waals surface area (Å²) in [5.41, 5.74) is 2.17. The first-order valence-electron chi connectivity index (χ1n) is 9.66. The Morgan fingerprint density at radius 3 is 2.35 bits per heavy atom. The van der Waals surface area contributed by atoms with Gasteiger partial charge in [-0.15, -0.1) is 0 Å². The highest BCUT2D eigenvalue weighted by Gasteiger charge is 2.26. The average molecular weight is 361 g/mol. The predicted molar refractivity (Wildman–Crippen MR) is 101 cm³/mol. The number of morpholine rings is 1. The van der Waals surface area contributed by atoms with Gasteiger partial charge in [-0.1, -0.05) is 31.2 Å². The summed E-state index contributed by atoms with van der Waals surface area (Å²) in [4.78, 5) is 19.5. The van der Waals surface area contributed by atoms with Crippen LogP contribution in [0.2, 0.25) is 0 Å². The van der Waals surface area contributed by atoms with Gasteiger partial charge in [-0.05, 0) is 11.1 Å². The summed E-state index contributed by atoms with van der Waals surface area (Å²) in [5.74, 6) is 0.307. The zero-order chi connectivity index (χ0) is 18.4. The molecular formula is C20H31N3O3. The van der Waals surface area contributed by atoms with Gasteiger partial charge in [0.15, 0.2) is 0 Å². The van der Waals surface area contributed by atoms with E-state index in [0.29, 0.717) is 0 Å². The van der Waals surface area contributed by atoms with Crippen LogP contribution in [0.4, 0.5) is 0 Å². The number of hydrogen-bond acceptors (Lipinski definition) is 5. The van der Waals surface area contributed by atoms with Crippen LogP contribution < -0.4 is 0 Å². The Morgan fingerprint density at radius 1 is 1.04 bits per heavy atom. The largest absolute Gasteiger partial charge is 0.392 e. The van der Waals surface area contributed by atoms with E-state index < -0.39 is 0 Å². The summed E-state index contributed by atoms with van der Waals surface area (Å²) >= 11 is 0. The van der Waals surface area contributed by atoms with Gasteiger partial charge in [0, 0.05) is 58.3 Å². The molecule has 0 saturated carbocycles. The summed E-state index contributed by atoms with van der Waals surface area (Å²) in [6.07, 6.45) is 0. The van der Waals surface area contributed by atoms with Crippen molar-refractivity contribution in [3.63, 3.8) is 0 Å². The number of nitrogens with zero attached hydrogens (tertiary/aromatic N) is 3. The molecule has 1 amide bonds. The fraction of sp³-hybridized carbons (Fsp3) is 0.650. The third kappa shape index (κ3) is 5.04. The number of rotatable bonds is 6. The number of benzene rings is 1. The number of hydrogen-bond donors (Lipinski definition) is 1. The van der Waals surface area contributed by atoms with Crippen LogP contribution in [-0.4, -0.2) is 84.7 Å². The first-order chi connectivity index (χ1) is 12.7. The van der Waals surface area contributed by atoms with E-state index in [-0.39, 0.29) is 18.4 Å². The molecule has 1 aromatic carbocycles. The third-order valence-electron chi connectivity index (χ3n) is 5.42. The van der Waals surface area contributed by atoms with E-state index in [4.69, 9.17) is 4.74 Å². The zero-order valence-electron chi connectivity index (χ0n) is 15.8. The van der Waals surface area contributed by atoms with Crippen molar-refractivity contribution in [2.24, 2.45) is 5.92 Å². The van der Waals surface area contributed by atoms with Crippen molar-refractivity contribution in [2.75, 3.05) is 59.0 Å². The Hall–Kier alpha value is -1.47. The lowest BCUT2D eigenvalue weighted by Gasteiger charge is -2.37. The molecule has 2 aliphatic heterocycles. The van der Waals surface area contributed by atoms with Crippen LogP contribution >= 0.6 is 0 Å². The van der Waals surface area contributed by atoms with Gasteiger partial charge < -0.3 is 14.7 Å². The number of piperazine rings is 1. The number of carbonyl (C=O) groups is 1. The molecule has 0 aromatic heterocycles.